The first-order chi connectivity index (χ1) is 11.6. The minimum atomic E-state index is -0.242. The van der Waals surface area contributed by atoms with E-state index in [2.05, 4.69) is 15.6 Å². The molecule has 0 saturated heterocycles. The van der Waals surface area contributed by atoms with Crippen LogP contribution in [0.4, 0.5) is 17.1 Å². The molecule has 120 valence electrons. The number of nitrogens with zero attached hydrogens (tertiary/aromatic N) is 1. The van der Waals surface area contributed by atoms with Crippen molar-refractivity contribution in [1.82, 2.24) is 4.98 Å². The molecule has 0 aliphatic heterocycles. The van der Waals surface area contributed by atoms with Crippen LogP contribution in [0.3, 0.4) is 0 Å². The van der Waals surface area contributed by atoms with Gasteiger partial charge in [-0.2, -0.15) is 0 Å². The summed E-state index contributed by atoms with van der Waals surface area (Å²) in [7, 11) is 0. The smallest absolute Gasteiger partial charge is 0.274 e. The Kier molecular flexibility index (Phi) is 4.77. The van der Waals surface area contributed by atoms with E-state index in [-0.39, 0.29) is 5.91 Å². The normalized spacial score (nSPS) is 10.2. The molecule has 5 heteroatoms. The quantitative estimate of drug-likeness (QED) is 0.701. The molecule has 0 saturated carbocycles. The van der Waals surface area contributed by atoms with E-state index in [0.717, 1.165) is 22.6 Å². The molecule has 24 heavy (non-hydrogen) atoms. The van der Waals surface area contributed by atoms with Crippen molar-refractivity contribution < 1.29 is 4.79 Å². The number of amides is 1. The number of anilines is 3. The maximum Gasteiger partial charge on any atom is 0.274 e. The lowest BCUT2D eigenvalue weighted by Gasteiger charge is -2.10. The summed E-state index contributed by atoms with van der Waals surface area (Å²) >= 11 is 6.11. The third-order valence-electron chi connectivity index (χ3n) is 3.54. The van der Waals surface area contributed by atoms with Crippen molar-refractivity contribution in [3.05, 3.63) is 83.1 Å². The van der Waals surface area contributed by atoms with Gasteiger partial charge in [0, 0.05) is 5.69 Å². The van der Waals surface area contributed by atoms with Crippen molar-refractivity contribution in [2.24, 2.45) is 0 Å². The number of pyridine rings is 1. The highest BCUT2D eigenvalue weighted by atomic mass is 35.5. The molecule has 0 bridgehead atoms. The third kappa shape index (κ3) is 3.73. The molecule has 0 aliphatic carbocycles. The largest absolute Gasteiger partial charge is 0.353 e. The zero-order valence-corrected chi connectivity index (χ0v) is 13.8. The Bertz CT molecular complexity index is 862. The van der Waals surface area contributed by atoms with Crippen LogP contribution in [0.25, 0.3) is 0 Å². The monoisotopic (exact) mass is 337 g/mol. The van der Waals surface area contributed by atoms with Crippen molar-refractivity contribution >= 4 is 34.6 Å². The molecule has 3 aromatic rings. The van der Waals surface area contributed by atoms with Gasteiger partial charge in [-0.05, 0) is 42.8 Å². The topological polar surface area (TPSA) is 54.0 Å². The minimum Gasteiger partial charge on any atom is -0.353 e. The average molecular weight is 338 g/mol. The number of aromatic nitrogens is 1. The average Bonchev–Trinajstić information content (AvgIpc) is 2.59. The number of aryl methyl sites for hydroxylation is 1. The number of benzene rings is 2. The second kappa shape index (κ2) is 7.15. The van der Waals surface area contributed by atoms with E-state index in [4.69, 9.17) is 11.6 Å². The zero-order chi connectivity index (χ0) is 16.9. The van der Waals surface area contributed by atoms with Gasteiger partial charge in [-0.25, -0.2) is 4.98 Å². The van der Waals surface area contributed by atoms with Crippen LogP contribution in [0, 0.1) is 6.92 Å². The first-order valence-corrected chi connectivity index (χ1v) is 7.86. The number of para-hydroxylation sites is 2. The van der Waals surface area contributed by atoms with Gasteiger partial charge in [0.2, 0.25) is 0 Å². The summed E-state index contributed by atoms with van der Waals surface area (Å²) in [6.45, 7) is 1.94. The van der Waals surface area contributed by atoms with E-state index in [9.17, 15) is 4.79 Å². The Labute approximate surface area is 145 Å². The van der Waals surface area contributed by atoms with E-state index in [1.165, 1.54) is 0 Å². The fourth-order valence-electron chi connectivity index (χ4n) is 2.22. The third-order valence-corrected chi connectivity index (χ3v) is 3.87. The zero-order valence-electron chi connectivity index (χ0n) is 13.1. The van der Waals surface area contributed by atoms with Gasteiger partial charge in [0.1, 0.15) is 5.69 Å². The minimum absolute atomic E-state index is 0.242. The van der Waals surface area contributed by atoms with Crippen LogP contribution in [0.1, 0.15) is 16.1 Å². The molecule has 4 nitrogen and oxygen atoms in total. The van der Waals surface area contributed by atoms with Crippen LogP contribution in [-0.4, -0.2) is 10.9 Å². The van der Waals surface area contributed by atoms with Crippen LogP contribution in [0.15, 0.2) is 66.9 Å². The van der Waals surface area contributed by atoms with E-state index < -0.39 is 0 Å². The summed E-state index contributed by atoms with van der Waals surface area (Å²) in [5, 5.41) is 6.66. The number of rotatable bonds is 4. The molecule has 0 unspecified atom stereocenters. The maximum absolute atomic E-state index is 12.3. The Morgan fingerprint density at radius 2 is 1.67 bits per heavy atom. The summed E-state index contributed by atoms with van der Waals surface area (Å²) in [5.41, 5.74) is 3.68. The first-order valence-electron chi connectivity index (χ1n) is 7.48. The SMILES string of the molecule is Cc1ccccc1NC(=O)c1ccc(Nc2ccccc2Cl)cn1. The fourth-order valence-corrected chi connectivity index (χ4v) is 2.40. The first kappa shape index (κ1) is 16.0. The van der Waals surface area contributed by atoms with Gasteiger partial charge in [-0.15, -0.1) is 0 Å². The highest BCUT2D eigenvalue weighted by Crippen LogP contribution is 2.24. The van der Waals surface area contributed by atoms with Crippen molar-refractivity contribution in [2.75, 3.05) is 10.6 Å². The number of hydrogen-bond acceptors (Lipinski definition) is 3. The van der Waals surface area contributed by atoms with Gasteiger partial charge in [0.15, 0.2) is 0 Å². The van der Waals surface area contributed by atoms with Crippen LogP contribution >= 0.6 is 11.6 Å². The van der Waals surface area contributed by atoms with E-state index >= 15 is 0 Å². The van der Waals surface area contributed by atoms with E-state index in [1.807, 2.05) is 49.4 Å². The maximum atomic E-state index is 12.3. The van der Waals surface area contributed by atoms with Crippen LogP contribution in [0.2, 0.25) is 5.02 Å². The number of halogens is 1. The molecule has 0 spiro atoms. The lowest BCUT2D eigenvalue weighted by Crippen LogP contribution is -2.14. The molecular formula is C19H16ClN3O. The number of carbonyl (C=O) groups excluding carboxylic acids is 1. The highest BCUT2D eigenvalue weighted by Gasteiger charge is 2.09. The van der Waals surface area contributed by atoms with E-state index in [0.29, 0.717) is 10.7 Å². The summed E-state index contributed by atoms with van der Waals surface area (Å²) in [5.74, 6) is -0.242. The Morgan fingerprint density at radius 3 is 2.33 bits per heavy atom. The van der Waals surface area contributed by atoms with Gasteiger partial charge in [0.25, 0.3) is 5.91 Å². The summed E-state index contributed by atoms with van der Waals surface area (Å²) in [4.78, 5) is 16.5. The van der Waals surface area contributed by atoms with Crippen LogP contribution in [0.5, 0.6) is 0 Å². The highest BCUT2D eigenvalue weighted by molar-refractivity contribution is 6.33. The molecule has 1 aromatic heterocycles. The number of nitrogens with one attached hydrogen (secondary N) is 2. The van der Waals surface area contributed by atoms with Crippen molar-refractivity contribution in [3.8, 4) is 0 Å². The molecule has 0 atom stereocenters. The van der Waals surface area contributed by atoms with Gasteiger partial charge in [0.05, 0.1) is 22.6 Å². The molecule has 2 N–H and O–H groups in total. The van der Waals surface area contributed by atoms with Crippen LogP contribution < -0.4 is 10.6 Å². The Hall–Kier alpha value is -2.85. The predicted octanol–water partition coefficient (Wildman–Crippen LogP) is 5.04. The number of hydrogen-bond donors (Lipinski definition) is 2. The van der Waals surface area contributed by atoms with Gasteiger partial charge < -0.3 is 10.6 Å². The standard InChI is InChI=1S/C19H16ClN3O/c1-13-6-2-4-8-16(13)23-19(24)18-11-10-14(12-21-18)22-17-9-5-3-7-15(17)20/h2-12,22H,1H3,(H,23,24). The van der Waals surface area contributed by atoms with Crippen molar-refractivity contribution in [1.29, 1.82) is 0 Å². The van der Waals surface area contributed by atoms with Gasteiger partial charge in [-0.3, -0.25) is 4.79 Å². The summed E-state index contributed by atoms with van der Waals surface area (Å²) in [6, 6.07) is 18.5. The lowest BCUT2D eigenvalue weighted by atomic mass is 10.2. The fraction of sp³-hybridized carbons (Fsp3) is 0.0526. The summed E-state index contributed by atoms with van der Waals surface area (Å²) in [6.07, 6.45) is 1.61. The Balaban J connectivity index is 1.71. The second-order valence-corrected chi connectivity index (χ2v) is 5.71. The van der Waals surface area contributed by atoms with E-state index in [1.54, 1.807) is 24.4 Å². The van der Waals surface area contributed by atoms with Gasteiger partial charge in [-0.1, -0.05) is 41.9 Å². The van der Waals surface area contributed by atoms with Crippen molar-refractivity contribution in [2.45, 2.75) is 6.92 Å². The summed E-state index contributed by atoms with van der Waals surface area (Å²) < 4.78 is 0. The molecule has 3 rings (SSSR count). The second-order valence-electron chi connectivity index (χ2n) is 5.31. The molecule has 0 aliphatic rings. The molecule has 0 radical (unpaired) electrons. The lowest BCUT2D eigenvalue weighted by molar-refractivity contribution is 0.102. The Morgan fingerprint density at radius 1 is 0.958 bits per heavy atom. The predicted molar refractivity (Wildman–Crippen MR) is 98.1 cm³/mol. The van der Waals surface area contributed by atoms with Crippen LogP contribution in [-0.2, 0) is 0 Å². The van der Waals surface area contributed by atoms with Crippen molar-refractivity contribution in [3.63, 3.8) is 0 Å². The molecule has 1 amide bonds. The molecule has 0 fully saturated rings. The molecular weight excluding hydrogens is 322 g/mol. The molecule has 2 aromatic carbocycles. The van der Waals surface area contributed by atoms with Gasteiger partial charge >= 0.3 is 0 Å². The molecule has 1 heterocycles. The number of carbonyl (C=O) groups is 1.